The van der Waals surface area contributed by atoms with Gasteiger partial charge in [0, 0.05) is 37.1 Å². The second-order valence-corrected chi connectivity index (χ2v) is 9.33. The molecule has 180 valence electrons. The Hall–Kier alpha value is -2.36. The number of aliphatic hydroxyl groups is 1. The lowest BCUT2D eigenvalue weighted by Gasteiger charge is -2.30. The first-order chi connectivity index (χ1) is 14.8. The van der Waals surface area contributed by atoms with Crippen LogP contribution < -0.4 is 4.90 Å². The van der Waals surface area contributed by atoms with Crippen LogP contribution in [0.25, 0.3) is 0 Å². The molecule has 1 rings (SSSR count). The molecule has 1 aromatic rings. The van der Waals surface area contributed by atoms with Gasteiger partial charge in [-0.25, -0.2) is 0 Å². The Labute approximate surface area is 193 Å². The largest absolute Gasteiger partial charge is 0.395 e. The molecular formula is C17H25BrN4O9S. The van der Waals surface area contributed by atoms with Crippen LogP contribution in [0.3, 0.4) is 0 Å². The van der Waals surface area contributed by atoms with Crippen LogP contribution >= 0.6 is 15.9 Å². The summed E-state index contributed by atoms with van der Waals surface area (Å²) >= 11 is 3.21. The first-order valence-corrected chi connectivity index (χ1v) is 12.3. The third-order valence-electron chi connectivity index (χ3n) is 4.27. The summed E-state index contributed by atoms with van der Waals surface area (Å²) in [5.74, 6) is -0.751. The van der Waals surface area contributed by atoms with Crippen LogP contribution in [0.4, 0.5) is 17.1 Å². The van der Waals surface area contributed by atoms with Crippen LogP contribution in [0.1, 0.15) is 24.2 Å². The Kier molecular flexibility index (Phi) is 10.4. The fourth-order valence-corrected chi connectivity index (χ4v) is 3.74. The standard InChI is InChI=1S/C17H25BrN4O9S/c1-12(2)20(6-8-23)17(24)14-10-13(21(25)26)11-15(22(27)28)16(14)19(5-4-18)7-9-31-32(3,29)30/h10-12,23H,4-9H2,1-3H3. The molecule has 0 heterocycles. The lowest BCUT2D eigenvalue weighted by atomic mass is 10.1. The first-order valence-electron chi connectivity index (χ1n) is 9.38. The minimum Gasteiger partial charge on any atom is -0.395 e. The van der Waals surface area contributed by atoms with Crippen molar-refractivity contribution in [1.82, 2.24) is 4.90 Å². The van der Waals surface area contributed by atoms with E-state index in [0.717, 1.165) is 18.4 Å². The number of alkyl halides is 1. The van der Waals surface area contributed by atoms with Crippen molar-refractivity contribution in [2.75, 3.05) is 49.3 Å². The molecule has 0 saturated carbocycles. The second-order valence-electron chi connectivity index (χ2n) is 6.89. The zero-order valence-corrected chi connectivity index (χ0v) is 20.2. The highest BCUT2D eigenvalue weighted by molar-refractivity contribution is 9.09. The molecule has 0 spiro atoms. The lowest BCUT2D eigenvalue weighted by Crippen LogP contribution is -2.40. The van der Waals surface area contributed by atoms with Crippen molar-refractivity contribution >= 4 is 49.0 Å². The van der Waals surface area contributed by atoms with Crippen LogP contribution in [0, 0.1) is 20.2 Å². The van der Waals surface area contributed by atoms with Gasteiger partial charge in [0.1, 0.15) is 5.69 Å². The van der Waals surface area contributed by atoms with Crippen molar-refractivity contribution in [3.63, 3.8) is 0 Å². The molecule has 0 aromatic heterocycles. The Morgan fingerprint density at radius 3 is 2.25 bits per heavy atom. The van der Waals surface area contributed by atoms with Gasteiger partial charge in [-0.05, 0) is 13.8 Å². The molecular weight excluding hydrogens is 516 g/mol. The Bertz CT molecular complexity index is 956. The SMILES string of the molecule is CC(C)N(CCO)C(=O)c1cc([N+](=O)[O-])cc([N+](=O)[O-])c1N(CCBr)CCOS(C)(=O)=O. The Morgan fingerprint density at radius 2 is 1.81 bits per heavy atom. The third-order valence-corrected chi connectivity index (χ3v) is 5.22. The molecule has 1 amide bonds. The lowest BCUT2D eigenvalue weighted by molar-refractivity contribution is -0.393. The predicted octanol–water partition coefficient (Wildman–Crippen LogP) is 1.52. The van der Waals surface area contributed by atoms with Crippen molar-refractivity contribution < 1.29 is 32.3 Å². The number of halogens is 1. The van der Waals surface area contributed by atoms with Crippen LogP contribution in [0.5, 0.6) is 0 Å². The number of nitrogens with zero attached hydrogens (tertiary/aromatic N) is 4. The summed E-state index contributed by atoms with van der Waals surface area (Å²) in [5, 5.41) is 32.8. The molecule has 13 nitrogen and oxygen atoms in total. The molecule has 0 atom stereocenters. The number of amides is 1. The van der Waals surface area contributed by atoms with E-state index in [1.165, 1.54) is 9.80 Å². The van der Waals surface area contributed by atoms with Gasteiger partial charge in [-0.1, -0.05) is 15.9 Å². The minimum absolute atomic E-state index is 0.0952. The predicted molar refractivity (Wildman–Crippen MR) is 120 cm³/mol. The van der Waals surface area contributed by atoms with Gasteiger partial charge in [-0.3, -0.25) is 29.2 Å². The van der Waals surface area contributed by atoms with Crippen molar-refractivity contribution in [3.8, 4) is 0 Å². The Balaban J connectivity index is 3.74. The van der Waals surface area contributed by atoms with E-state index in [0.29, 0.717) is 0 Å². The highest BCUT2D eigenvalue weighted by Crippen LogP contribution is 2.37. The van der Waals surface area contributed by atoms with E-state index in [-0.39, 0.29) is 49.4 Å². The number of carbonyl (C=O) groups is 1. The number of nitro benzene ring substituents is 2. The van der Waals surface area contributed by atoms with Gasteiger partial charge in [0.2, 0.25) is 0 Å². The zero-order valence-electron chi connectivity index (χ0n) is 17.8. The van der Waals surface area contributed by atoms with Gasteiger partial charge in [-0.15, -0.1) is 0 Å². The van der Waals surface area contributed by atoms with Crippen LogP contribution in [-0.4, -0.2) is 84.7 Å². The fourth-order valence-electron chi connectivity index (χ4n) is 2.94. The number of aliphatic hydroxyl groups excluding tert-OH is 1. The Morgan fingerprint density at radius 1 is 1.19 bits per heavy atom. The maximum atomic E-state index is 13.3. The van der Waals surface area contributed by atoms with E-state index >= 15 is 0 Å². The summed E-state index contributed by atoms with van der Waals surface area (Å²) in [5.41, 5.74) is -1.85. The summed E-state index contributed by atoms with van der Waals surface area (Å²) in [6, 6.07) is 1.27. The van der Waals surface area contributed by atoms with Crippen molar-refractivity contribution in [3.05, 3.63) is 37.9 Å². The van der Waals surface area contributed by atoms with Gasteiger partial charge in [0.15, 0.2) is 0 Å². The van der Waals surface area contributed by atoms with E-state index in [1.807, 2.05) is 0 Å². The molecule has 15 heteroatoms. The molecule has 1 aromatic carbocycles. The van der Waals surface area contributed by atoms with E-state index in [4.69, 9.17) is 4.18 Å². The maximum absolute atomic E-state index is 13.3. The first kappa shape index (κ1) is 27.7. The molecule has 0 fully saturated rings. The van der Waals surface area contributed by atoms with Crippen LogP contribution in [0.15, 0.2) is 12.1 Å². The third kappa shape index (κ3) is 7.65. The average Bonchev–Trinajstić information content (AvgIpc) is 2.68. The molecule has 0 radical (unpaired) electrons. The fraction of sp³-hybridized carbons (Fsp3) is 0.588. The molecule has 0 aliphatic heterocycles. The van der Waals surface area contributed by atoms with E-state index in [1.54, 1.807) is 13.8 Å². The van der Waals surface area contributed by atoms with E-state index in [9.17, 15) is 38.5 Å². The minimum atomic E-state index is -3.78. The molecule has 0 saturated heterocycles. The maximum Gasteiger partial charge on any atom is 0.300 e. The van der Waals surface area contributed by atoms with Gasteiger partial charge < -0.3 is 14.9 Å². The smallest absolute Gasteiger partial charge is 0.300 e. The van der Waals surface area contributed by atoms with Gasteiger partial charge in [-0.2, -0.15) is 8.42 Å². The average molecular weight is 541 g/mol. The number of carbonyl (C=O) groups excluding carboxylic acids is 1. The molecule has 0 aliphatic carbocycles. The molecule has 0 unspecified atom stereocenters. The van der Waals surface area contributed by atoms with Crippen molar-refractivity contribution in [2.24, 2.45) is 0 Å². The number of nitro groups is 2. The number of anilines is 1. The van der Waals surface area contributed by atoms with Gasteiger partial charge in [0.05, 0.1) is 40.9 Å². The van der Waals surface area contributed by atoms with Gasteiger partial charge >= 0.3 is 0 Å². The highest BCUT2D eigenvalue weighted by atomic mass is 79.9. The normalized spacial score (nSPS) is 11.4. The molecule has 1 N–H and O–H groups in total. The van der Waals surface area contributed by atoms with Crippen molar-refractivity contribution in [2.45, 2.75) is 19.9 Å². The second kappa shape index (κ2) is 12.0. The molecule has 0 aliphatic rings. The summed E-state index contributed by atoms with van der Waals surface area (Å²) in [7, 11) is -3.78. The van der Waals surface area contributed by atoms with E-state index < -0.39 is 43.3 Å². The number of non-ortho nitro benzene ring substituents is 1. The van der Waals surface area contributed by atoms with Crippen molar-refractivity contribution in [1.29, 1.82) is 0 Å². The van der Waals surface area contributed by atoms with Crippen LogP contribution in [-0.2, 0) is 14.3 Å². The summed E-state index contributed by atoms with van der Waals surface area (Å²) in [6.07, 6.45) is 0.848. The topological polar surface area (TPSA) is 173 Å². The molecule has 32 heavy (non-hydrogen) atoms. The zero-order chi connectivity index (χ0) is 24.6. The highest BCUT2D eigenvalue weighted by Gasteiger charge is 2.33. The van der Waals surface area contributed by atoms with Crippen LogP contribution in [0.2, 0.25) is 0 Å². The number of rotatable bonds is 13. The molecule has 0 bridgehead atoms. The van der Waals surface area contributed by atoms with E-state index in [2.05, 4.69) is 15.9 Å². The van der Waals surface area contributed by atoms with Gasteiger partial charge in [0.25, 0.3) is 27.4 Å². The summed E-state index contributed by atoms with van der Waals surface area (Å²) < 4.78 is 27.3. The number of hydrogen-bond acceptors (Lipinski definition) is 10. The summed E-state index contributed by atoms with van der Waals surface area (Å²) in [4.78, 5) is 37.4. The monoisotopic (exact) mass is 540 g/mol. The summed E-state index contributed by atoms with van der Waals surface area (Å²) in [6.45, 7) is 2.43. The quantitative estimate of drug-likeness (QED) is 0.167. The number of benzene rings is 1. The number of hydrogen-bond donors (Lipinski definition) is 1.